The maximum atomic E-state index is 6.12. The second-order valence-corrected chi connectivity index (χ2v) is 3.93. The largest absolute Gasteiger partial charge is 0.496 e. The van der Waals surface area contributed by atoms with Gasteiger partial charge in [-0.2, -0.15) is 0 Å². The second kappa shape index (κ2) is 5.12. The molecule has 0 spiro atoms. The van der Waals surface area contributed by atoms with Crippen LogP contribution in [-0.4, -0.2) is 17.1 Å². The van der Waals surface area contributed by atoms with E-state index in [-0.39, 0.29) is 0 Å². The number of ether oxygens (including phenoxy) is 1. The van der Waals surface area contributed by atoms with E-state index in [0.717, 1.165) is 5.56 Å². The van der Waals surface area contributed by atoms with Gasteiger partial charge in [0.2, 0.25) is 0 Å². The molecule has 0 aliphatic rings. The zero-order chi connectivity index (χ0) is 12.3. The highest BCUT2D eigenvalue weighted by Gasteiger charge is 2.15. The molecule has 0 radical (unpaired) electrons. The van der Waals surface area contributed by atoms with Crippen molar-refractivity contribution in [3.8, 4) is 5.75 Å². The van der Waals surface area contributed by atoms with Crippen LogP contribution in [0.5, 0.6) is 5.75 Å². The monoisotopic (exact) mass is 249 g/mol. The minimum absolute atomic E-state index is 0.405. The highest BCUT2D eigenvalue weighted by molar-refractivity contribution is 6.30. The van der Waals surface area contributed by atoms with Gasteiger partial charge in [-0.3, -0.25) is 9.97 Å². The third kappa shape index (κ3) is 2.54. The maximum Gasteiger partial charge on any atom is 0.124 e. The molecular weight excluding hydrogens is 238 g/mol. The van der Waals surface area contributed by atoms with E-state index >= 15 is 0 Å². The zero-order valence-corrected chi connectivity index (χ0v) is 10.1. The fourth-order valence-electron chi connectivity index (χ4n) is 1.58. The minimum atomic E-state index is -0.405. The normalized spacial score (nSPS) is 12.2. The van der Waals surface area contributed by atoms with Crippen LogP contribution in [0.4, 0.5) is 0 Å². The number of halogens is 1. The Morgan fingerprint density at radius 1 is 1.35 bits per heavy atom. The molecule has 1 heterocycles. The van der Waals surface area contributed by atoms with Crippen LogP contribution in [0.2, 0.25) is 5.02 Å². The molecule has 1 aromatic carbocycles. The molecule has 4 nitrogen and oxygen atoms in total. The Bertz CT molecular complexity index is 504. The van der Waals surface area contributed by atoms with Crippen LogP contribution in [-0.2, 0) is 0 Å². The predicted molar refractivity (Wildman–Crippen MR) is 66.1 cm³/mol. The average Bonchev–Trinajstić information content (AvgIpc) is 2.39. The smallest absolute Gasteiger partial charge is 0.124 e. The Balaban J connectivity index is 2.43. The van der Waals surface area contributed by atoms with Crippen LogP contribution in [0.3, 0.4) is 0 Å². The van der Waals surface area contributed by atoms with Gasteiger partial charge < -0.3 is 10.5 Å². The lowest BCUT2D eigenvalue weighted by molar-refractivity contribution is 0.407. The number of hydrogen-bond donors (Lipinski definition) is 1. The Morgan fingerprint density at radius 3 is 2.82 bits per heavy atom. The molecule has 2 rings (SSSR count). The van der Waals surface area contributed by atoms with E-state index in [4.69, 9.17) is 22.1 Å². The highest BCUT2D eigenvalue weighted by Crippen LogP contribution is 2.29. The van der Waals surface area contributed by atoms with E-state index in [1.165, 1.54) is 0 Å². The van der Waals surface area contributed by atoms with E-state index < -0.39 is 6.04 Å². The number of rotatable bonds is 3. The fourth-order valence-corrected chi connectivity index (χ4v) is 1.76. The van der Waals surface area contributed by atoms with E-state index in [1.807, 2.05) is 0 Å². The lowest BCUT2D eigenvalue weighted by Crippen LogP contribution is -2.14. The Labute approximate surface area is 104 Å². The third-order valence-electron chi connectivity index (χ3n) is 2.43. The number of methoxy groups -OCH3 is 1. The van der Waals surface area contributed by atoms with E-state index in [9.17, 15) is 0 Å². The Morgan fingerprint density at radius 2 is 2.18 bits per heavy atom. The standard InChI is InChI=1S/C12H12ClN3O/c1-17-11-3-2-8(13)6-9(11)12(14)10-7-15-4-5-16-10/h2-7,12H,14H2,1H3. The Kier molecular flexibility index (Phi) is 3.56. The molecule has 0 aliphatic heterocycles. The van der Waals surface area contributed by atoms with Gasteiger partial charge in [0.25, 0.3) is 0 Å². The lowest BCUT2D eigenvalue weighted by atomic mass is 10.0. The van der Waals surface area contributed by atoms with Crippen LogP contribution in [0, 0.1) is 0 Å². The SMILES string of the molecule is COc1ccc(Cl)cc1C(N)c1cnccn1. The van der Waals surface area contributed by atoms with E-state index in [2.05, 4.69) is 9.97 Å². The third-order valence-corrected chi connectivity index (χ3v) is 2.66. The topological polar surface area (TPSA) is 61.0 Å². The van der Waals surface area contributed by atoms with Crippen LogP contribution in [0.15, 0.2) is 36.8 Å². The van der Waals surface area contributed by atoms with Crippen molar-refractivity contribution >= 4 is 11.6 Å². The maximum absolute atomic E-state index is 6.12. The summed E-state index contributed by atoms with van der Waals surface area (Å²) in [6.07, 6.45) is 4.84. The molecule has 0 saturated carbocycles. The van der Waals surface area contributed by atoms with Crippen LogP contribution >= 0.6 is 11.6 Å². The molecule has 2 aromatic rings. The quantitative estimate of drug-likeness (QED) is 0.906. The predicted octanol–water partition coefficient (Wildman–Crippen LogP) is 2.19. The number of nitrogens with zero attached hydrogens (tertiary/aromatic N) is 2. The number of aromatic nitrogens is 2. The van der Waals surface area contributed by atoms with Gasteiger partial charge in [0, 0.05) is 23.0 Å². The number of nitrogens with two attached hydrogens (primary N) is 1. The first-order valence-corrected chi connectivity index (χ1v) is 5.45. The van der Waals surface area contributed by atoms with Gasteiger partial charge in [0.1, 0.15) is 5.75 Å². The van der Waals surface area contributed by atoms with Gasteiger partial charge in [0.05, 0.1) is 25.0 Å². The van der Waals surface area contributed by atoms with Gasteiger partial charge in [-0.1, -0.05) is 11.6 Å². The second-order valence-electron chi connectivity index (χ2n) is 3.49. The molecule has 1 aromatic heterocycles. The summed E-state index contributed by atoms with van der Waals surface area (Å²) < 4.78 is 5.26. The molecule has 0 amide bonds. The summed E-state index contributed by atoms with van der Waals surface area (Å²) in [4.78, 5) is 8.17. The van der Waals surface area contributed by atoms with Crippen LogP contribution < -0.4 is 10.5 Å². The molecule has 1 unspecified atom stereocenters. The molecule has 17 heavy (non-hydrogen) atoms. The van der Waals surface area contributed by atoms with Crippen molar-refractivity contribution in [3.63, 3.8) is 0 Å². The summed E-state index contributed by atoms with van der Waals surface area (Å²) in [6, 6.07) is 4.92. The molecule has 1 atom stereocenters. The van der Waals surface area contributed by atoms with Crippen molar-refractivity contribution in [3.05, 3.63) is 53.1 Å². The summed E-state index contributed by atoms with van der Waals surface area (Å²) in [5, 5.41) is 0.611. The fraction of sp³-hybridized carbons (Fsp3) is 0.167. The van der Waals surface area contributed by atoms with Crippen molar-refractivity contribution in [2.75, 3.05) is 7.11 Å². The van der Waals surface area contributed by atoms with Gasteiger partial charge in [0.15, 0.2) is 0 Å². The summed E-state index contributed by atoms with van der Waals surface area (Å²) in [5.74, 6) is 0.688. The minimum Gasteiger partial charge on any atom is -0.496 e. The average molecular weight is 250 g/mol. The Hall–Kier alpha value is -1.65. The van der Waals surface area contributed by atoms with Crippen molar-refractivity contribution in [2.24, 2.45) is 5.73 Å². The highest BCUT2D eigenvalue weighted by atomic mass is 35.5. The molecule has 0 fully saturated rings. The summed E-state index contributed by atoms with van der Waals surface area (Å²) in [5.41, 5.74) is 7.59. The molecule has 2 N–H and O–H groups in total. The first kappa shape index (κ1) is 11.8. The van der Waals surface area contributed by atoms with Crippen molar-refractivity contribution < 1.29 is 4.74 Å². The van der Waals surface area contributed by atoms with Gasteiger partial charge in [-0.25, -0.2) is 0 Å². The van der Waals surface area contributed by atoms with Crippen molar-refractivity contribution in [2.45, 2.75) is 6.04 Å². The zero-order valence-electron chi connectivity index (χ0n) is 9.30. The van der Waals surface area contributed by atoms with E-state index in [0.29, 0.717) is 16.5 Å². The van der Waals surface area contributed by atoms with Crippen LogP contribution in [0.25, 0.3) is 0 Å². The molecule has 0 aliphatic carbocycles. The molecule has 0 saturated heterocycles. The molecular formula is C12H12ClN3O. The van der Waals surface area contributed by atoms with Crippen LogP contribution in [0.1, 0.15) is 17.3 Å². The van der Waals surface area contributed by atoms with Gasteiger partial charge >= 0.3 is 0 Å². The lowest BCUT2D eigenvalue weighted by Gasteiger charge is -2.15. The number of hydrogen-bond acceptors (Lipinski definition) is 4. The van der Waals surface area contributed by atoms with Crippen molar-refractivity contribution in [1.82, 2.24) is 9.97 Å². The van der Waals surface area contributed by atoms with Gasteiger partial charge in [-0.05, 0) is 18.2 Å². The molecule has 0 bridgehead atoms. The van der Waals surface area contributed by atoms with E-state index in [1.54, 1.807) is 43.9 Å². The van der Waals surface area contributed by atoms with Crippen molar-refractivity contribution in [1.29, 1.82) is 0 Å². The first-order chi connectivity index (χ1) is 8.22. The summed E-state index contributed by atoms with van der Waals surface area (Å²) in [6.45, 7) is 0. The summed E-state index contributed by atoms with van der Waals surface area (Å²) >= 11 is 5.96. The molecule has 88 valence electrons. The number of benzene rings is 1. The first-order valence-electron chi connectivity index (χ1n) is 5.07. The summed E-state index contributed by atoms with van der Waals surface area (Å²) in [7, 11) is 1.59. The van der Waals surface area contributed by atoms with Gasteiger partial charge in [-0.15, -0.1) is 0 Å². The molecule has 5 heteroatoms.